The summed E-state index contributed by atoms with van der Waals surface area (Å²) in [6.45, 7) is 1.56. The van der Waals surface area contributed by atoms with E-state index in [2.05, 4.69) is 15.7 Å². The number of ether oxygens (including phenoxy) is 1. The zero-order valence-corrected chi connectivity index (χ0v) is 15.2. The lowest BCUT2D eigenvalue weighted by atomic mass is 10.2. The minimum absolute atomic E-state index is 0.146. The summed E-state index contributed by atoms with van der Waals surface area (Å²) in [7, 11) is 3.52. The molecule has 0 fully saturated rings. The van der Waals surface area contributed by atoms with Gasteiger partial charge in [-0.2, -0.15) is 0 Å². The van der Waals surface area contributed by atoms with Crippen LogP contribution in [0.25, 0.3) is 11.0 Å². The lowest BCUT2D eigenvalue weighted by Gasteiger charge is -2.15. The second-order valence-electron chi connectivity index (χ2n) is 6.29. The predicted octanol–water partition coefficient (Wildman–Crippen LogP) is 2.09. The highest BCUT2D eigenvalue weighted by Gasteiger charge is 2.22. The standard InChI is InChI=1S/C19H21N5O3/c1-23-16-8-7-13(18(25)20-9-10-26-2)11-15(16)21-19(23)22-24-12-14-5-3-4-6-17(14)27-24/h3-8,11H,9-10,12H2,1-2H3,(H,20,25)(H,21,22). The van der Waals surface area contributed by atoms with Crippen molar-refractivity contribution >= 4 is 22.9 Å². The van der Waals surface area contributed by atoms with Gasteiger partial charge in [0.05, 0.1) is 24.2 Å². The van der Waals surface area contributed by atoms with Crippen LogP contribution in [0.4, 0.5) is 5.95 Å². The minimum Gasteiger partial charge on any atom is -0.386 e. The van der Waals surface area contributed by atoms with Gasteiger partial charge >= 0.3 is 0 Å². The Hall–Kier alpha value is -3.10. The van der Waals surface area contributed by atoms with E-state index in [-0.39, 0.29) is 5.91 Å². The fraction of sp³-hybridized carbons (Fsp3) is 0.263. The lowest BCUT2D eigenvalue weighted by Crippen LogP contribution is -2.29. The third-order valence-electron chi connectivity index (χ3n) is 4.45. The SMILES string of the molecule is COCCNC(=O)c1ccc2c(c1)nc(NN1Cc3ccccc3O1)n2C. The van der Waals surface area contributed by atoms with E-state index in [1.54, 1.807) is 24.4 Å². The van der Waals surface area contributed by atoms with E-state index in [4.69, 9.17) is 9.57 Å². The number of methoxy groups -OCH3 is 1. The number of imidazole rings is 1. The number of hydrazine groups is 1. The van der Waals surface area contributed by atoms with Crippen LogP contribution in [0.15, 0.2) is 42.5 Å². The maximum Gasteiger partial charge on any atom is 0.251 e. The molecule has 8 nitrogen and oxygen atoms in total. The molecule has 1 aliphatic heterocycles. The van der Waals surface area contributed by atoms with E-state index in [9.17, 15) is 4.79 Å². The molecule has 1 aromatic heterocycles. The molecule has 2 heterocycles. The molecule has 3 aromatic rings. The summed E-state index contributed by atoms with van der Waals surface area (Å²) in [4.78, 5) is 22.6. The number of para-hydroxylation sites is 1. The largest absolute Gasteiger partial charge is 0.386 e. The van der Waals surface area contributed by atoms with Gasteiger partial charge < -0.3 is 19.5 Å². The number of aromatic nitrogens is 2. The van der Waals surface area contributed by atoms with Crippen molar-refractivity contribution in [3.05, 3.63) is 53.6 Å². The normalized spacial score (nSPS) is 13.4. The molecule has 4 rings (SSSR count). The number of hydrogen-bond donors (Lipinski definition) is 2. The summed E-state index contributed by atoms with van der Waals surface area (Å²) in [6, 6.07) is 13.3. The van der Waals surface area contributed by atoms with Crippen LogP contribution in [0.3, 0.4) is 0 Å². The van der Waals surface area contributed by atoms with Gasteiger partial charge in [-0.25, -0.2) is 4.98 Å². The first kappa shape index (κ1) is 17.3. The van der Waals surface area contributed by atoms with Crippen molar-refractivity contribution in [1.29, 1.82) is 0 Å². The Morgan fingerprint density at radius 1 is 1.30 bits per heavy atom. The first-order valence-corrected chi connectivity index (χ1v) is 8.69. The van der Waals surface area contributed by atoms with Crippen molar-refractivity contribution in [3.8, 4) is 5.75 Å². The van der Waals surface area contributed by atoms with E-state index in [1.165, 1.54) is 0 Å². The van der Waals surface area contributed by atoms with Crippen LogP contribution in [-0.4, -0.2) is 40.9 Å². The van der Waals surface area contributed by atoms with Gasteiger partial charge in [-0.15, -0.1) is 0 Å². The van der Waals surface area contributed by atoms with E-state index in [0.29, 0.717) is 31.2 Å². The minimum atomic E-state index is -0.146. The third kappa shape index (κ3) is 3.44. The molecule has 0 saturated carbocycles. The van der Waals surface area contributed by atoms with Crippen molar-refractivity contribution in [2.45, 2.75) is 6.54 Å². The van der Waals surface area contributed by atoms with Crippen LogP contribution < -0.4 is 15.6 Å². The van der Waals surface area contributed by atoms with Gasteiger partial charge in [0.25, 0.3) is 5.91 Å². The highest BCUT2D eigenvalue weighted by Crippen LogP contribution is 2.28. The molecule has 0 radical (unpaired) electrons. The number of amides is 1. The Morgan fingerprint density at radius 3 is 2.96 bits per heavy atom. The third-order valence-corrected chi connectivity index (χ3v) is 4.45. The molecule has 0 bridgehead atoms. The zero-order valence-electron chi connectivity index (χ0n) is 15.2. The monoisotopic (exact) mass is 367 g/mol. The van der Waals surface area contributed by atoms with E-state index in [1.807, 2.05) is 41.9 Å². The van der Waals surface area contributed by atoms with E-state index >= 15 is 0 Å². The number of anilines is 1. The highest BCUT2D eigenvalue weighted by atomic mass is 16.7. The second kappa shape index (κ2) is 7.26. The Balaban J connectivity index is 1.51. The Morgan fingerprint density at radius 2 is 2.15 bits per heavy atom. The number of carbonyl (C=O) groups is 1. The van der Waals surface area contributed by atoms with Crippen LogP contribution >= 0.6 is 0 Å². The molecule has 0 aliphatic carbocycles. The fourth-order valence-electron chi connectivity index (χ4n) is 3.01. The maximum atomic E-state index is 12.2. The number of carbonyl (C=O) groups excluding carboxylic acids is 1. The average Bonchev–Trinajstić information content (AvgIpc) is 3.22. The molecule has 2 aromatic carbocycles. The molecule has 8 heteroatoms. The quantitative estimate of drug-likeness (QED) is 0.650. The van der Waals surface area contributed by atoms with Crippen LogP contribution in [-0.2, 0) is 18.3 Å². The molecular formula is C19H21N5O3. The van der Waals surface area contributed by atoms with Gasteiger partial charge in [-0.3, -0.25) is 10.2 Å². The van der Waals surface area contributed by atoms with Gasteiger partial charge in [0.1, 0.15) is 0 Å². The van der Waals surface area contributed by atoms with Crippen molar-refractivity contribution in [1.82, 2.24) is 20.0 Å². The van der Waals surface area contributed by atoms with Crippen LogP contribution in [0, 0.1) is 0 Å². The molecule has 0 unspecified atom stereocenters. The fourth-order valence-corrected chi connectivity index (χ4v) is 3.01. The number of fused-ring (bicyclic) bond motifs is 2. The summed E-state index contributed by atoms with van der Waals surface area (Å²) in [6.07, 6.45) is 0. The van der Waals surface area contributed by atoms with Crippen LogP contribution in [0.5, 0.6) is 5.75 Å². The molecular weight excluding hydrogens is 346 g/mol. The van der Waals surface area contributed by atoms with Gasteiger partial charge in [0.2, 0.25) is 5.95 Å². The Labute approximate surface area is 156 Å². The van der Waals surface area contributed by atoms with Gasteiger partial charge in [0, 0.05) is 31.8 Å². The predicted molar refractivity (Wildman–Crippen MR) is 101 cm³/mol. The molecule has 1 amide bonds. The number of nitrogens with zero attached hydrogens (tertiary/aromatic N) is 3. The molecule has 1 aliphatic rings. The molecule has 0 atom stereocenters. The number of rotatable bonds is 6. The molecule has 0 spiro atoms. The number of aryl methyl sites for hydroxylation is 1. The van der Waals surface area contributed by atoms with E-state index < -0.39 is 0 Å². The molecule has 0 saturated heterocycles. The number of benzene rings is 2. The van der Waals surface area contributed by atoms with E-state index in [0.717, 1.165) is 22.3 Å². The van der Waals surface area contributed by atoms with Gasteiger partial charge in [-0.05, 0) is 29.4 Å². The summed E-state index contributed by atoms with van der Waals surface area (Å²) in [5, 5.41) is 4.46. The topological polar surface area (TPSA) is 80.7 Å². The zero-order chi connectivity index (χ0) is 18.8. The van der Waals surface area contributed by atoms with Crippen LogP contribution in [0.1, 0.15) is 15.9 Å². The number of nitrogens with one attached hydrogen (secondary N) is 2. The van der Waals surface area contributed by atoms with Crippen molar-refractivity contribution in [2.24, 2.45) is 7.05 Å². The maximum absolute atomic E-state index is 12.2. The summed E-state index contributed by atoms with van der Waals surface area (Å²) in [5.74, 6) is 1.32. The highest BCUT2D eigenvalue weighted by molar-refractivity contribution is 5.97. The number of hydrogen-bond acceptors (Lipinski definition) is 6. The summed E-state index contributed by atoms with van der Waals surface area (Å²) < 4.78 is 6.87. The number of hydroxylamine groups is 1. The van der Waals surface area contributed by atoms with Gasteiger partial charge in [0.15, 0.2) is 5.75 Å². The summed E-state index contributed by atoms with van der Waals surface area (Å²) >= 11 is 0. The molecule has 140 valence electrons. The smallest absolute Gasteiger partial charge is 0.251 e. The van der Waals surface area contributed by atoms with Crippen LogP contribution in [0.2, 0.25) is 0 Å². The first-order chi connectivity index (χ1) is 13.2. The molecule has 2 N–H and O–H groups in total. The first-order valence-electron chi connectivity index (χ1n) is 8.69. The van der Waals surface area contributed by atoms with Crippen molar-refractivity contribution < 1.29 is 14.4 Å². The average molecular weight is 367 g/mol. The van der Waals surface area contributed by atoms with Gasteiger partial charge in [-0.1, -0.05) is 18.2 Å². The van der Waals surface area contributed by atoms with Crippen molar-refractivity contribution in [2.75, 3.05) is 25.7 Å². The molecule has 27 heavy (non-hydrogen) atoms. The Bertz CT molecular complexity index is 960. The lowest BCUT2D eigenvalue weighted by molar-refractivity contribution is -0.0163. The van der Waals surface area contributed by atoms with Crippen molar-refractivity contribution in [3.63, 3.8) is 0 Å². The summed E-state index contributed by atoms with van der Waals surface area (Å²) in [5.41, 5.74) is 6.51. The second-order valence-corrected chi connectivity index (χ2v) is 6.29. The Kier molecular flexibility index (Phi) is 4.66.